The molecule has 0 fully saturated rings. The summed E-state index contributed by atoms with van der Waals surface area (Å²) in [6.45, 7) is 5.71. The van der Waals surface area contributed by atoms with Gasteiger partial charge in [-0.25, -0.2) is 8.42 Å². The highest BCUT2D eigenvalue weighted by Gasteiger charge is 2.33. The number of fused-ring (bicyclic) bond motifs is 1. The van der Waals surface area contributed by atoms with Gasteiger partial charge < -0.3 is 5.32 Å². The van der Waals surface area contributed by atoms with Crippen molar-refractivity contribution in [2.24, 2.45) is 5.92 Å². The monoisotopic (exact) mass is 344 g/mol. The van der Waals surface area contributed by atoms with Crippen LogP contribution in [0.15, 0.2) is 47.4 Å². The summed E-state index contributed by atoms with van der Waals surface area (Å²) < 4.78 is 27.8. The Hall–Kier alpha value is -2.34. The molecule has 1 amide bonds. The van der Waals surface area contributed by atoms with Gasteiger partial charge in [-0.2, -0.15) is 0 Å². The molecule has 0 aromatic heterocycles. The molecule has 1 aliphatic heterocycles. The van der Waals surface area contributed by atoms with Crippen molar-refractivity contribution in [3.05, 3.63) is 53.6 Å². The molecule has 1 heterocycles. The summed E-state index contributed by atoms with van der Waals surface area (Å²) in [5.74, 6) is -0.170. The number of amides is 1. The van der Waals surface area contributed by atoms with Gasteiger partial charge in [0.25, 0.3) is 10.0 Å². The van der Waals surface area contributed by atoms with Crippen LogP contribution in [0.4, 0.5) is 11.4 Å². The average Bonchev–Trinajstić information content (AvgIpc) is 2.82. The fraction of sp³-hybridized carbons (Fsp3) is 0.278. The summed E-state index contributed by atoms with van der Waals surface area (Å²) in [7, 11) is -3.67. The van der Waals surface area contributed by atoms with E-state index in [2.05, 4.69) is 10.0 Å². The largest absolute Gasteiger partial charge is 0.325 e. The second-order valence-corrected chi connectivity index (χ2v) is 8.03. The zero-order chi connectivity index (χ0) is 17.5. The predicted molar refractivity (Wildman–Crippen MR) is 94.6 cm³/mol. The zero-order valence-corrected chi connectivity index (χ0v) is 14.6. The van der Waals surface area contributed by atoms with Gasteiger partial charge in [0.15, 0.2) is 0 Å². The average molecular weight is 344 g/mol. The van der Waals surface area contributed by atoms with E-state index in [9.17, 15) is 13.2 Å². The molecule has 1 atom stereocenters. The third-order valence-electron chi connectivity index (χ3n) is 4.23. The highest BCUT2D eigenvalue weighted by molar-refractivity contribution is 7.92. The van der Waals surface area contributed by atoms with Crippen molar-refractivity contribution in [1.82, 2.24) is 0 Å². The summed E-state index contributed by atoms with van der Waals surface area (Å²) in [6, 6.07) is 12.0. The molecule has 2 aromatic rings. The lowest BCUT2D eigenvalue weighted by molar-refractivity contribution is -0.117. The lowest BCUT2D eigenvalue weighted by Gasteiger charge is -2.15. The molecular formula is C18H20N2O3S. The topological polar surface area (TPSA) is 75.3 Å². The molecule has 5 nitrogen and oxygen atoms in total. The number of aryl methyl sites for hydroxylation is 1. The predicted octanol–water partition coefficient (Wildman–Crippen LogP) is 3.49. The maximum atomic E-state index is 12.6. The number of benzene rings is 2. The second kappa shape index (κ2) is 5.94. The number of hydrogen-bond acceptors (Lipinski definition) is 3. The third-order valence-corrected chi connectivity index (χ3v) is 5.77. The minimum Gasteiger partial charge on any atom is -0.325 e. The van der Waals surface area contributed by atoms with E-state index in [0.717, 1.165) is 11.3 Å². The molecule has 24 heavy (non-hydrogen) atoms. The van der Waals surface area contributed by atoms with E-state index in [1.165, 1.54) is 0 Å². The number of rotatable bonds is 4. The van der Waals surface area contributed by atoms with Crippen molar-refractivity contribution in [1.29, 1.82) is 0 Å². The number of carbonyl (C=O) groups excluding carboxylic acids is 1. The van der Waals surface area contributed by atoms with Gasteiger partial charge in [-0.15, -0.1) is 0 Å². The molecule has 3 rings (SSSR count). The lowest BCUT2D eigenvalue weighted by Crippen LogP contribution is -2.17. The van der Waals surface area contributed by atoms with Gasteiger partial charge in [0, 0.05) is 11.4 Å². The minimum atomic E-state index is -3.67. The van der Waals surface area contributed by atoms with Crippen molar-refractivity contribution in [2.75, 3.05) is 10.0 Å². The van der Waals surface area contributed by atoms with Crippen LogP contribution in [0.2, 0.25) is 0 Å². The molecular weight excluding hydrogens is 324 g/mol. The smallest absolute Gasteiger partial charge is 0.262 e. The summed E-state index contributed by atoms with van der Waals surface area (Å²) in [4.78, 5) is 12.3. The van der Waals surface area contributed by atoms with Crippen molar-refractivity contribution in [2.45, 2.75) is 31.6 Å². The molecule has 126 valence electrons. The van der Waals surface area contributed by atoms with E-state index in [1.807, 2.05) is 13.8 Å². The van der Waals surface area contributed by atoms with Gasteiger partial charge in [0.2, 0.25) is 5.91 Å². The summed E-state index contributed by atoms with van der Waals surface area (Å²) >= 11 is 0. The van der Waals surface area contributed by atoms with E-state index < -0.39 is 10.0 Å². The van der Waals surface area contributed by atoms with Gasteiger partial charge in [0.05, 0.1) is 10.8 Å². The van der Waals surface area contributed by atoms with Crippen LogP contribution in [0, 0.1) is 12.8 Å². The first-order chi connectivity index (χ1) is 11.3. The summed E-state index contributed by atoms with van der Waals surface area (Å²) in [6.07, 6.45) is 0. The van der Waals surface area contributed by atoms with Crippen molar-refractivity contribution >= 4 is 27.3 Å². The standard InChI is InChI=1S/C18H20N2O3S/c1-11(2)17-14-10-13(8-9-15(14)19-18(17)21)20-24(22,23)16-7-5-4-6-12(16)3/h4-11,17,20H,1-3H3,(H,19,21). The summed E-state index contributed by atoms with van der Waals surface area (Å²) in [5, 5.41) is 2.84. The van der Waals surface area contributed by atoms with Crippen molar-refractivity contribution < 1.29 is 13.2 Å². The molecule has 1 aliphatic rings. The highest BCUT2D eigenvalue weighted by Crippen LogP contribution is 2.39. The third kappa shape index (κ3) is 2.89. The number of hydrogen-bond donors (Lipinski definition) is 2. The maximum absolute atomic E-state index is 12.6. The Morgan fingerprint density at radius 1 is 1.12 bits per heavy atom. The molecule has 0 saturated heterocycles. The SMILES string of the molecule is Cc1ccccc1S(=O)(=O)Nc1ccc2c(c1)C(C(C)C)C(=O)N2. The fourth-order valence-corrected chi connectivity index (χ4v) is 4.38. The first-order valence-corrected chi connectivity index (χ1v) is 9.31. The van der Waals surface area contributed by atoms with Gasteiger partial charge in [0.1, 0.15) is 0 Å². The van der Waals surface area contributed by atoms with Crippen LogP contribution in [-0.4, -0.2) is 14.3 Å². The van der Waals surface area contributed by atoms with Gasteiger partial charge in [-0.3, -0.25) is 9.52 Å². The zero-order valence-electron chi connectivity index (χ0n) is 13.8. The number of anilines is 2. The van der Waals surface area contributed by atoms with Crippen LogP contribution >= 0.6 is 0 Å². The molecule has 2 aromatic carbocycles. The van der Waals surface area contributed by atoms with Crippen LogP contribution in [0.25, 0.3) is 0 Å². The van der Waals surface area contributed by atoms with Crippen LogP contribution in [0.1, 0.15) is 30.9 Å². The van der Waals surface area contributed by atoms with Crippen LogP contribution in [0.5, 0.6) is 0 Å². The highest BCUT2D eigenvalue weighted by atomic mass is 32.2. The van der Waals surface area contributed by atoms with Gasteiger partial charge in [-0.1, -0.05) is 32.0 Å². The van der Waals surface area contributed by atoms with Crippen LogP contribution in [0.3, 0.4) is 0 Å². The van der Waals surface area contributed by atoms with E-state index in [4.69, 9.17) is 0 Å². The molecule has 0 saturated carbocycles. The second-order valence-electron chi connectivity index (χ2n) is 6.38. The normalized spacial score (nSPS) is 16.8. The molecule has 0 bridgehead atoms. The Labute approximate surface area is 142 Å². The lowest BCUT2D eigenvalue weighted by atomic mass is 9.89. The molecule has 0 spiro atoms. The summed E-state index contributed by atoms with van der Waals surface area (Å²) in [5.41, 5.74) is 2.72. The number of sulfonamides is 1. The van der Waals surface area contributed by atoms with Gasteiger partial charge >= 0.3 is 0 Å². The Balaban J connectivity index is 1.96. The molecule has 0 radical (unpaired) electrons. The molecule has 6 heteroatoms. The maximum Gasteiger partial charge on any atom is 0.262 e. The first kappa shape index (κ1) is 16.5. The number of carbonyl (C=O) groups is 1. The fourth-order valence-electron chi connectivity index (χ4n) is 3.08. The first-order valence-electron chi connectivity index (χ1n) is 7.83. The minimum absolute atomic E-state index is 0.0427. The Morgan fingerprint density at radius 2 is 1.83 bits per heavy atom. The molecule has 2 N–H and O–H groups in total. The van der Waals surface area contributed by atoms with Crippen molar-refractivity contribution in [3.63, 3.8) is 0 Å². The number of nitrogens with one attached hydrogen (secondary N) is 2. The quantitative estimate of drug-likeness (QED) is 0.891. The van der Waals surface area contributed by atoms with E-state index in [1.54, 1.807) is 49.4 Å². The van der Waals surface area contributed by atoms with E-state index >= 15 is 0 Å². The molecule has 0 aliphatic carbocycles. The van der Waals surface area contributed by atoms with Crippen LogP contribution in [-0.2, 0) is 14.8 Å². The Kier molecular flexibility index (Phi) is 4.09. The Morgan fingerprint density at radius 3 is 2.50 bits per heavy atom. The van der Waals surface area contributed by atoms with E-state index in [-0.39, 0.29) is 22.6 Å². The molecule has 1 unspecified atom stereocenters. The van der Waals surface area contributed by atoms with E-state index in [0.29, 0.717) is 11.3 Å². The van der Waals surface area contributed by atoms with Gasteiger partial charge in [-0.05, 0) is 48.2 Å². The van der Waals surface area contributed by atoms with Crippen LogP contribution < -0.4 is 10.0 Å². The Bertz CT molecular complexity index is 904. The van der Waals surface area contributed by atoms with Crippen molar-refractivity contribution in [3.8, 4) is 0 Å².